The van der Waals surface area contributed by atoms with E-state index in [-0.39, 0.29) is 76.2 Å². The molecule has 0 radical (unpaired) electrons. The number of aliphatic hydroxyl groups excluding tert-OH is 6. The van der Waals surface area contributed by atoms with Crippen LogP contribution < -0.4 is 84.6 Å². The Morgan fingerprint density at radius 2 is 1.30 bits per heavy atom. The summed E-state index contributed by atoms with van der Waals surface area (Å²) in [4.78, 5) is 120. The van der Waals surface area contributed by atoms with Gasteiger partial charge in [0.05, 0.1) is 41.3 Å². The molecule has 110 heavy (non-hydrogen) atoms. The first-order valence-electron chi connectivity index (χ1n) is 35.3. The van der Waals surface area contributed by atoms with Crippen LogP contribution in [-0.2, 0) is 52.6 Å². The minimum absolute atomic E-state index is 0.0899. The van der Waals surface area contributed by atoms with E-state index in [0.717, 1.165) is 60.7 Å². The molecule has 7 aliphatic rings. The molecule has 11 bridgehead atoms. The van der Waals surface area contributed by atoms with Crippen LogP contribution in [0.3, 0.4) is 0 Å². The van der Waals surface area contributed by atoms with E-state index in [4.69, 9.17) is 68.8 Å². The molecule has 12 rings (SSSR count). The Kier molecular flexibility index (Phi) is 27.1. The lowest BCUT2D eigenvalue weighted by Crippen LogP contribution is -2.64. The molecule has 1 unspecified atom stereocenters. The maximum atomic E-state index is 16.2. The van der Waals surface area contributed by atoms with Crippen LogP contribution in [-0.4, -0.2) is 225 Å². The number of nitrogens with two attached hydrogens (primary N) is 3. The van der Waals surface area contributed by atoms with Crippen molar-refractivity contribution in [2.24, 2.45) is 23.1 Å². The number of hydrogen-bond acceptors (Lipinski definition) is 28. The van der Waals surface area contributed by atoms with Gasteiger partial charge in [0.1, 0.15) is 95.5 Å². The number of likely N-dealkylation sites (N-methyl/N-ethyl adjacent to an activating group) is 1. The lowest BCUT2D eigenvalue weighted by molar-refractivity contribution is -0.333. The highest BCUT2D eigenvalue weighted by atomic mass is 35.5. The lowest BCUT2D eigenvalue weighted by atomic mass is 9.86. The second-order valence-corrected chi connectivity index (χ2v) is 28.8. The number of carbonyl (C=O) groups excluding carboxylic acids is 8. The zero-order chi connectivity index (χ0) is 79.9. The number of rotatable bonds is 21. The number of aliphatic hydroxyl groups is 6. The summed E-state index contributed by atoms with van der Waals surface area (Å²) in [6.45, 7) is 7.65. The third kappa shape index (κ3) is 19.0. The molecule has 25 N–H and O–H groups in total. The number of phenols is 3. The second-order valence-electron chi connectivity index (χ2n) is 28.0. The largest absolute Gasteiger partial charge is 0.508 e. The maximum Gasteiger partial charge on any atom is 0.248 e. The van der Waals surface area contributed by atoms with Gasteiger partial charge in [-0.2, -0.15) is 0 Å². The van der Waals surface area contributed by atoms with Crippen molar-refractivity contribution in [2.45, 2.75) is 156 Å². The number of phenolic OH excluding ortho intramolecular Hbond substituents is 3. The number of nitrogens with one attached hydrogen (secondary N) is 10. The van der Waals surface area contributed by atoms with Gasteiger partial charge in [0, 0.05) is 68.4 Å². The summed E-state index contributed by atoms with van der Waals surface area (Å²) in [7, 11) is 1.48. The molecule has 7 aliphatic heterocycles. The van der Waals surface area contributed by atoms with Crippen LogP contribution in [0.4, 0.5) is 0 Å². The molecule has 596 valence electrons. The van der Waals surface area contributed by atoms with Crippen LogP contribution in [0, 0.1) is 5.92 Å². The standard InChI is InChI=1S/C72H91Cl2N13O23/c1-29(2)18-40(78-5)64(98)86-55-57(93)32-7-10-44(38(73)20-32)106-46-22-34-23-47(61(46)110-71-62(60(96)59(95)48(28-88)108-71)109-50-27-72(4,77)63(97)30(3)105-50)107-45-11-8-33(21-39(45)74)58(94)56-70(104)85-54(66(100)81-17-16-80-15-14-79-13-12-75)37-24-35(89)25-43(91)51(37)36-19-31(6-9-42(36)90)52(67(101)87-56)84-68(102)53(34)83-65(99)41(26-49(76)92)82-69(55)103/h6-11,19-25,29-30,40-41,48,50,52-60,62-63,71,78-80,88-91,93-97H,12-18,26-28,75,77H2,1-5H3,(H2,76,92)(H,81,100)(H,82,103)(H,83,99)(H,84,102)(H,85,104)(H,86,98)(H,87,101)/t30-,40+,41-,48+,50-,52?,53+,54-,55+,56-,57+,58+,59+,60-,62+,63+,71-,72-/m0/s1. The maximum absolute atomic E-state index is 16.2. The molecule has 2 fully saturated rings. The number of carbonyl (C=O) groups is 8. The van der Waals surface area contributed by atoms with E-state index in [1.54, 1.807) is 0 Å². The monoisotopic (exact) mass is 1580 g/mol. The number of aromatic hydroxyl groups is 3. The fourth-order valence-electron chi connectivity index (χ4n) is 13.4. The zero-order valence-electron chi connectivity index (χ0n) is 60.2. The smallest absolute Gasteiger partial charge is 0.248 e. The molecule has 8 amide bonds. The van der Waals surface area contributed by atoms with Crippen LogP contribution in [0.15, 0.2) is 78.9 Å². The molecule has 5 aromatic rings. The van der Waals surface area contributed by atoms with Gasteiger partial charge in [0.15, 0.2) is 23.9 Å². The number of hydrogen-bond donors (Lipinski definition) is 22. The van der Waals surface area contributed by atoms with Crippen LogP contribution in [0.5, 0.6) is 46.0 Å². The van der Waals surface area contributed by atoms with Gasteiger partial charge in [-0.1, -0.05) is 55.2 Å². The predicted octanol–water partition coefficient (Wildman–Crippen LogP) is -1.72. The molecule has 2 saturated heterocycles. The van der Waals surface area contributed by atoms with Crippen molar-refractivity contribution in [1.29, 1.82) is 0 Å². The normalized spacial score (nSPS) is 28.0. The van der Waals surface area contributed by atoms with Gasteiger partial charge in [-0.25, -0.2) is 0 Å². The lowest BCUT2D eigenvalue weighted by Gasteiger charge is -2.47. The van der Waals surface area contributed by atoms with E-state index < -0.39 is 220 Å². The minimum Gasteiger partial charge on any atom is -0.508 e. The molecule has 36 nitrogen and oxygen atoms in total. The zero-order valence-corrected chi connectivity index (χ0v) is 61.7. The first-order valence-corrected chi connectivity index (χ1v) is 36.1. The number of halogens is 2. The van der Waals surface area contributed by atoms with Crippen molar-refractivity contribution in [3.05, 3.63) is 117 Å². The van der Waals surface area contributed by atoms with Crippen molar-refractivity contribution >= 4 is 70.5 Å². The first kappa shape index (κ1) is 83.2. The Bertz CT molecular complexity index is 4260. The van der Waals surface area contributed by atoms with Crippen LogP contribution in [0.2, 0.25) is 10.0 Å². The number of fused-ring (bicyclic) bond motifs is 15. The second kappa shape index (κ2) is 35.8. The quantitative estimate of drug-likeness (QED) is 0.0363. The predicted molar refractivity (Wildman–Crippen MR) is 389 cm³/mol. The van der Waals surface area contributed by atoms with Gasteiger partial charge in [-0.05, 0) is 116 Å². The van der Waals surface area contributed by atoms with E-state index in [1.165, 1.54) is 39.1 Å². The third-order valence-corrected chi connectivity index (χ3v) is 19.8. The molecule has 0 spiro atoms. The molecule has 7 heterocycles. The molecule has 0 saturated carbocycles. The Hall–Kier alpha value is -9.32. The molecule has 0 aromatic heterocycles. The third-order valence-electron chi connectivity index (χ3n) is 19.2. The Morgan fingerprint density at radius 3 is 1.91 bits per heavy atom. The van der Waals surface area contributed by atoms with Gasteiger partial charge >= 0.3 is 0 Å². The Labute approximate surface area is 639 Å². The highest BCUT2D eigenvalue weighted by molar-refractivity contribution is 6.32. The van der Waals surface area contributed by atoms with Crippen molar-refractivity contribution in [3.63, 3.8) is 0 Å². The summed E-state index contributed by atoms with van der Waals surface area (Å²) in [5, 5.41) is 131. The van der Waals surface area contributed by atoms with Crippen molar-refractivity contribution < 1.29 is 113 Å². The number of primary amides is 1. The fourth-order valence-corrected chi connectivity index (χ4v) is 13.9. The van der Waals surface area contributed by atoms with Crippen LogP contribution in [0.1, 0.15) is 105 Å². The van der Waals surface area contributed by atoms with Crippen molar-refractivity contribution in [2.75, 3.05) is 52.9 Å². The number of benzene rings is 5. The van der Waals surface area contributed by atoms with Gasteiger partial charge < -0.3 is 145 Å². The summed E-state index contributed by atoms with van der Waals surface area (Å²) in [5.41, 5.74) is 14.2. The van der Waals surface area contributed by atoms with E-state index in [9.17, 15) is 65.1 Å². The molecule has 5 aromatic carbocycles. The summed E-state index contributed by atoms with van der Waals surface area (Å²) in [6, 6.07) is 0.344. The van der Waals surface area contributed by atoms with Crippen LogP contribution >= 0.6 is 23.2 Å². The molecular formula is C72H91Cl2N13O23. The summed E-state index contributed by atoms with van der Waals surface area (Å²) >= 11 is 14.3. The van der Waals surface area contributed by atoms with Crippen LogP contribution in [0.25, 0.3) is 11.1 Å². The van der Waals surface area contributed by atoms with E-state index in [1.807, 2.05) is 13.8 Å². The highest BCUT2D eigenvalue weighted by Gasteiger charge is 2.52. The summed E-state index contributed by atoms with van der Waals surface area (Å²) in [5.74, 6) is -14.6. The van der Waals surface area contributed by atoms with Gasteiger partial charge in [0.25, 0.3) is 0 Å². The van der Waals surface area contributed by atoms with E-state index in [2.05, 4.69) is 53.2 Å². The topological polar surface area (TPSA) is 572 Å². The van der Waals surface area contributed by atoms with E-state index >= 15 is 19.2 Å². The van der Waals surface area contributed by atoms with Gasteiger partial charge in [-0.3, -0.25) is 38.4 Å². The number of amides is 8. The Balaban J connectivity index is 1.21. The average Bonchev–Trinajstić information content (AvgIpc) is 0.762. The fraction of sp³-hybridized carbons (Fsp3) is 0.472. The molecular weight excluding hydrogens is 1490 g/mol. The van der Waals surface area contributed by atoms with Gasteiger partial charge in [-0.15, -0.1) is 0 Å². The molecule has 18 atom stereocenters. The SMILES string of the molecule is CN[C@H](CC(C)C)C(=O)N[C@H]1C(=O)N[C@@H](CC(N)=O)C(=O)N[C@H]2C(=O)NC3C(=O)N[C@H](C(=O)N[C@H](C(=O)NCCNCCNCCN)c4cc(O)cc(O)c4-c4cc3ccc4O)[C@H](O)c3ccc(c(Cl)c3)Oc3cc2cc(c3O[C@@H]2O[C@H](CO)[C@@H](O)[C@H](O)[C@H]2O[C@H]2C[C@](C)(N)[C@H](O)[C@H](C)O2)Oc2ccc(cc2Cl)[C@H]1O. The molecule has 0 aliphatic carbocycles. The van der Waals surface area contributed by atoms with Gasteiger partial charge in [0.2, 0.25) is 59.3 Å². The summed E-state index contributed by atoms with van der Waals surface area (Å²) in [6.07, 6.45) is -18.5. The summed E-state index contributed by atoms with van der Waals surface area (Å²) < 4.78 is 38.6. The number of ether oxygens (including phenoxy) is 6. The van der Waals surface area contributed by atoms with Crippen molar-refractivity contribution in [1.82, 2.24) is 53.2 Å². The van der Waals surface area contributed by atoms with E-state index in [0.29, 0.717) is 26.2 Å². The average molecular weight is 1580 g/mol. The van der Waals surface area contributed by atoms with Crippen molar-refractivity contribution in [3.8, 4) is 57.1 Å². The highest BCUT2D eigenvalue weighted by Crippen LogP contribution is 2.50. The molecule has 38 heteroatoms. The minimum atomic E-state index is -2.34. The Morgan fingerprint density at radius 1 is 0.691 bits per heavy atom. The first-order chi connectivity index (χ1) is 52.2.